The zero-order valence-corrected chi connectivity index (χ0v) is 18.4. The molecule has 0 bridgehead atoms. The molecule has 0 aliphatic rings. The van der Waals surface area contributed by atoms with Crippen molar-refractivity contribution < 1.29 is 14.2 Å². The van der Waals surface area contributed by atoms with Crippen molar-refractivity contribution in [3.8, 4) is 28.4 Å². The Morgan fingerprint density at radius 2 is 1.47 bits per heavy atom. The van der Waals surface area contributed by atoms with Crippen molar-refractivity contribution in [1.29, 1.82) is 0 Å². The van der Waals surface area contributed by atoms with Gasteiger partial charge in [0.25, 0.3) is 0 Å². The van der Waals surface area contributed by atoms with Gasteiger partial charge in [-0.3, -0.25) is 4.98 Å². The van der Waals surface area contributed by atoms with E-state index in [4.69, 9.17) is 14.2 Å². The lowest BCUT2D eigenvalue weighted by molar-refractivity contribution is 0.322. The van der Waals surface area contributed by atoms with Gasteiger partial charge in [0.05, 0.1) is 21.3 Å². The normalized spacial score (nSPS) is 10.7. The molecule has 3 aromatic rings. The molecule has 0 radical (unpaired) electrons. The number of benzene rings is 2. The Labute approximate surface area is 179 Å². The molecule has 0 amide bonds. The maximum atomic E-state index is 5.87. The Morgan fingerprint density at radius 3 is 2.07 bits per heavy atom. The van der Waals surface area contributed by atoms with Crippen molar-refractivity contribution in [2.24, 2.45) is 0 Å². The van der Waals surface area contributed by atoms with Crippen LogP contribution < -0.4 is 14.2 Å². The smallest absolute Gasteiger partial charge is 0.204 e. The lowest BCUT2D eigenvalue weighted by Crippen LogP contribution is -2.07. The van der Waals surface area contributed by atoms with Crippen LogP contribution in [0.15, 0.2) is 54.9 Å². The van der Waals surface area contributed by atoms with E-state index in [0.29, 0.717) is 11.5 Å². The third kappa shape index (κ3) is 4.59. The number of ether oxygens (including phenoxy) is 3. The third-order valence-corrected chi connectivity index (χ3v) is 5.38. The molecule has 1 heterocycles. The highest BCUT2D eigenvalue weighted by Gasteiger charge is 2.26. The average molecular weight is 406 g/mol. The average Bonchev–Trinajstić information content (AvgIpc) is 2.80. The van der Waals surface area contributed by atoms with Gasteiger partial charge in [0.2, 0.25) is 5.75 Å². The van der Waals surface area contributed by atoms with Gasteiger partial charge in [0, 0.05) is 29.1 Å². The zero-order chi connectivity index (χ0) is 21.3. The summed E-state index contributed by atoms with van der Waals surface area (Å²) in [5, 5.41) is 0. The summed E-state index contributed by atoms with van der Waals surface area (Å²) in [6, 6.07) is 14.6. The van der Waals surface area contributed by atoms with Crippen molar-refractivity contribution in [3.05, 3.63) is 71.5 Å². The third-order valence-electron chi connectivity index (χ3n) is 5.38. The minimum Gasteiger partial charge on any atom is -0.492 e. The number of methoxy groups -OCH3 is 3. The quantitative estimate of drug-likeness (QED) is 0.421. The molecule has 0 aliphatic heterocycles. The summed E-state index contributed by atoms with van der Waals surface area (Å²) in [5.41, 5.74) is 5.89. The number of rotatable bonds is 10. The SMILES string of the molecule is CCCc1c(CCCc2ccccc2)c(OC)c(OC)c(OC)c1-c1cccnc1. The van der Waals surface area contributed by atoms with Crippen LogP contribution in [0, 0.1) is 0 Å². The van der Waals surface area contributed by atoms with Crippen LogP contribution in [0.25, 0.3) is 11.1 Å². The highest BCUT2D eigenvalue weighted by molar-refractivity contribution is 5.81. The molecule has 0 unspecified atom stereocenters. The van der Waals surface area contributed by atoms with Crippen LogP contribution in [-0.4, -0.2) is 26.3 Å². The lowest BCUT2D eigenvalue weighted by atomic mass is 9.88. The van der Waals surface area contributed by atoms with Crippen molar-refractivity contribution in [2.75, 3.05) is 21.3 Å². The topological polar surface area (TPSA) is 40.6 Å². The molecular weight excluding hydrogens is 374 g/mol. The summed E-state index contributed by atoms with van der Waals surface area (Å²) in [7, 11) is 5.06. The van der Waals surface area contributed by atoms with Gasteiger partial charge in [0.15, 0.2) is 11.5 Å². The maximum Gasteiger partial charge on any atom is 0.204 e. The van der Waals surface area contributed by atoms with Gasteiger partial charge in [-0.2, -0.15) is 0 Å². The number of hydrogen-bond acceptors (Lipinski definition) is 4. The first-order chi connectivity index (χ1) is 14.7. The summed E-state index contributed by atoms with van der Waals surface area (Å²) in [5.74, 6) is 2.13. The van der Waals surface area contributed by atoms with E-state index in [2.05, 4.69) is 48.3 Å². The fourth-order valence-corrected chi connectivity index (χ4v) is 4.09. The monoisotopic (exact) mass is 405 g/mol. The predicted octanol–water partition coefficient (Wildman–Crippen LogP) is 5.90. The first-order valence-electron chi connectivity index (χ1n) is 10.5. The van der Waals surface area contributed by atoms with Gasteiger partial charge in [0.1, 0.15) is 0 Å². The molecule has 0 saturated carbocycles. The van der Waals surface area contributed by atoms with E-state index in [1.54, 1.807) is 27.5 Å². The van der Waals surface area contributed by atoms with Gasteiger partial charge in [-0.25, -0.2) is 0 Å². The molecule has 3 rings (SSSR count). The molecule has 0 aliphatic carbocycles. The second-order valence-electron chi connectivity index (χ2n) is 7.26. The van der Waals surface area contributed by atoms with E-state index in [0.717, 1.165) is 49.0 Å². The number of aromatic nitrogens is 1. The molecule has 0 atom stereocenters. The number of aryl methyl sites for hydroxylation is 1. The molecule has 0 spiro atoms. The molecule has 0 fully saturated rings. The largest absolute Gasteiger partial charge is 0.492 e. The second-order valence-corrected chi connectivity index (χ2v) is 7.26. The molecule has 1 aromatic heterocycles. The Kier molecular flexibility index (Phi) is 7.72. The van der Waals surface area contributed by atoms with Crippen LogP contribution in [0.4, 0.5) is 0 Å². The Morgan fingerprint density at radius 1 is 0.733 bits per heavy atom. The van der Waals surface area contributed by atoms with Gasteiger partial charge in [-0.05, 0) is 42.9 Å². The van der Waals surface area contributed by atoms with Gasteiger partial charge < -0.3 is 14.2 Å². The highest BCUT2D eigenvalue weighted by Crippen LogP contribution is 2.50. The molecular formula is C26H31NO3. The van der Waals surface area contributed by atoms with Crippen molar-refractivity contribution in [1.82, 2.24) is 4.98 Å². The van der Waals surface area contributed by atoms with Crippen LogP contribution in [0.3, 0.4) is 0 Å². The number of pyridine rings is 1. The second kappa shape index (κ2) is 10.7. The molecule has 4 nitrogen and oxygen atoms in total. The summed E-state index contributed by atoms with van der Waals surface area (Å²) in [6.45, 7) is 2.20. The van der Waals surface area contributed by atoms with Gasteiger partial charge in [-0.1, -0.05) is 49.7 Å². The fourth-order valence-electron chi connectivity index (χ4n) is 4.09. The number of nitrogens with zero attached hydrogens (tertiary/aromatic N) is 1. The summed E-state index contributed by atoms with van der Waals surface area (Å²) < 4.78 is 17.5. The van der Waals surface area contributed by atoms with E-state index in [9.17, 15) is 0 Å². The molecule has 0 N–H and O–H groups in total. The zero-order valence-electron chi connectivity index (χ0n) is 18.4. The summed E-state index contributed by atoms with van der Waals surface area (Å²) in [6.07, 6.45) is 8.58. The van der Waals surface area contributed by atoms with Crippen molar-refractivity contribution in [2.45, 2.75) is 39.0 Å². The van der Waals surface area contributed by atoms with E-state index in [-0.39, 0.29) is 0 Å². The van der Waals surface area contributed by atoms with Crippen molar-refractivity contribution >= 4 is 0 Å². The van der Waals surface area contributed by atoms with Gasteiger partial charge >= 0.3 is 0 Å². The summed E-state index contributed by atoms with van der Waals surface area (Å²) in [4.78, 5) is 4.34. The first-order valence-corrected chi connectivity index (χ1v) is 10.5. The molecule has 4 heteroatoms. The molecule has 0 saturated heterocycles. The number of hydrogen-bond donors (Lipinski definition) is 0. The van der Waals surface area contributed by atoms with E-state index >= 15 is 0 Å². The van der Waals surface area contributed by atoms with Crippen LogP contribution in [0.5, 0.6) is 17.2 Å². The maximum absolute atomic E-state index is 5.87. The predicted molar refractivity (Wildman–Crippen MR) is 122 cm³/mol. The Bertz CT molecular complexity index is 940. The van der Waals surface area contributed by atoms with E-state index < -0.39 is 0 Å². The molecule has 30 heavy (non-hydrogen) atoms. The Balaban J connectivity index is 2.12. The first kappa shape index (κ1) is 21.7. The standard InChI is InChI=1S/C26H31NO3/c1-5-11-21-22(16-9-14-19-12-7-6-8-13-19)24(28-2)26(30-4)25(29-3)23(21)20-15-10-17-27-18-20/h6-8,10,12-13,15,17-18H,5,9,11,14,16H2,1-4H3. The highest BCUT2D eigenvalue weighted by atomic mass is 16.5. The van der Waals surface area contributed by atoms with E-state index in [1.807, 2.05) is 12.3 Å². The van der Waals surface area contributed by atoms with Crippen LogP contribution in [0.2, 0.25) is 0 Å². The summed E-state index contributed by atoms with van der Waals surface area (Å²) >= 11 is 0. The minimum atomic E-state index is 0.647. The minimum absolute atomic E-state index is 0.647. The molecule has 158 valence electrons. The van der Waals surface area contributed by atoms with Crippen molar-refractivity contribution in [3.63, 3.8) is 0 Å². The molecule has 2 aromatic carbocycles. The van der Waals surface area contributed by atoms with Crippen LogP contribution in [0.1, 0.15) is 36.5 Å². The van der Waals surface area contributed by atoms with Gasteiger partial charge in [-0.15, -0.1) is 0 Å². The fraction of sp³-hybridized carbons (Fsp3) is 0.346. The van der Waals surface area contributed by atoms with E-state index in [1.165, 1.54) is 16.7 Å². The van der Waals surface area contributed by atoms with Crippen LogP contribution in [-0.2, 0) is 19.3 Å². The Hall–Kier alpha value is -3.01. The van der Waals surface area contributed by atoms with Crippen LogP contribution >= 0.6 is 0 Å². The lowest BCUT2D eigenvalue weighted by Gasteiger charge is -2.24.